The number of alkyl halides is 3. The van der Waals surface area contributed by atoms with Crippen molar-refractivity contribution in [2.75, 3.05) is 6.61 Å². The van der Waals surface area contributed by atoms with Crippen molar-refractivity contribution in [2.45, 2.75) is 31.9 Å². The highest BCUT2D eigenvalue weighted by Gasteiger charge is 2.37. The second-order valence-corrected chi connectivity index (χ2v) is 5.77. The van der Waals surface area contributed by atoms with Crippen LogP contribution in [0.2, 0.25) is 0 Å². The highest BCUT2D eigenvalue weighted by Crippen LogP contribution is 2.44. The second-order valence-electron chi connectivity index (χ2n) is 5.77. The summed E-state index contributed by atoms with van der Waals surface area (Å²) in [5.41, 5.74) is 1.71. The zero-order chi connectivity index (χ0) is 17.3. The lowest BCUT2D eigenvalue weighted by atomic mass is 9.88. The third-order valence-electron chi connectivity index (χ3n) is 4.41. The van der Waals surface area contributed by atoms with Crippen LogP contribution >= 0.6 is 0 Å². The van der Waals surface area contributed by atoms with Crippen molar-refractivity contribution >= 4 is 5.97 Å². The monoisotopic (exact) mass is 334 g/mol. The van der Waals surface area contributed by atoms with Gasteiger partial charge in [0, 0.05) is 5.92 Å². The van der Waals surface area contributed by atoms with Gasteiger partial charge in [0.15, 0.2) is 0 Å². The number of benzene rings is 2. The Bertz CT molecular complexity index is 765. The summed E-state index contributed by atoms with van der Waals surface area (Å²) in [6.45, 7) is 1.99. The molecular formula is C19H17F3O2. The van der Waals surface area contributed by atoms with E-state index in [2.05, 4.69) is 0 Å². The molecule has 2 aromatic rings. The molecule has 1 unspecified atom stereocenters. The summed E-state index contributed by atoms with van der Waals surface area (Å²) in [6, 6.07) is 10.9. The summed E-state index contributed by atoms with van der Waals surface area (Å²) in [6.07, 6.45) is -3.27. The summed E-state index contributed by atoms with van der Waals surface area (Å²) in [7, 11) is 0. The van der Waals surface area contributed by atoms with Gasteiger partial charge in [-0.2, -0.15) is 13.2 Å². The fourth-order valence-corrected chi connectivity index (χ4v) is 3.44. The van der Waals surface area contributed by atoms with E-state index in [1.807, 2.05) is 6.07 Å². The molecule has 0 aromatic heterocycles. The van der Waals surface area contributed by atoms with E-state index in [9.17, 15) is 18.0 Å². The van der Waals surface area contributed by atoms with Crippen LogP contribution in [0.25, 0.3) is 0 Å². The molecule has 126 valence electrons. The Labute approximate surface area is 138 Å². The van der Waals surface area contributed by atoms with Crippen molar-refractivity contribution in [3.05, 3.63) is 70.3 Å². The van der Waals surface area contributed by atoms with Gasteiger partial charge in [0.05, 0.1) is 17.7 Å². The lowest BCUT2D eigenvalue weighted by Crippen LogP contribution is -2.12. The maximum Gasteiger partial charge on any atom is 0.416 e. The fourth-order valence-electron chi connectivity index (χ4n) is 3.44. The number of hydrogen-bond acceptors (Lipinski definition) is 2. The van der Waals surface area contributed by atoms with E-state index in [1.54, 1.807) is 25.1 Å². The maximum absolute atomic E-state index is 13.3. The third-order valence-corrected chi connectivity index (χ3v) is 4.41. The molecule has 5 heteroatoms. The topological polar surface area (TPSA) is 26.3 Å². The molecule has 1 aliphatic rings. The molecule has 0 spiro atoms. The van der Waals surface area contributed by atoms with Gasteiger partial charge < -0.3 is 4.74 Å². The average Bonchev–Trinajstić information content (AvgIpc) is 2.98. The minimum atomic E-state index is -4.39. The summed E-state index contributed by atoms with van der Waals surface area (Å²) >= 11 is 0. The van der Waals surface area contributed by atoms with E-state index in [0.29, 0.717) is 18.4 Å². The zero-order valence-electron chi connectivity index (χ0n) is 13.2. The number of hydrogen-bond donors (Lipinski definition) is 0. The Morgan fingerprint density at radius 3 is 2.54 bits per heavy atom. The largest absolute Gasteiger partial charge is 0.462 e. The van der Waals surface area contributed by atoms with Crippen molar-refractivity contribution in [1.29, 1.82) is 0 Å². The van der Waals surface area contributed by atoms with E-state index in [1.165, 1.54) is 12.1 Å². The third kappa shape index (κ3) is 2.90. The lowest BCUT2D eigenvalue weighted by molar-refractivity contribution is -0.138. The molecule has 0 saturated heterocycles. The quantitative estimate of drug-likeness (QED) is 0.742. The average molecular weight is 334 g/mol. The minimum absolute atomic E-state index is 0.267. The SMILES string of the molecule is CCOC(=O)c1cccc2c1CCC2c1ccccc1C(F)(F)F. The smallest absolute Gasteiger partial charge is 0.416 e. The van der Waals surface area contributed by atoms with Gasteiger partial charge in [-0.1, -0.05) is 30.3 Å². The van der Waals surface area contributed by atoms with E-state index in [-0.39, 0.29) is 18.1 Å². The predicted octanol–water partition coefficient (Wildman–Crippen LogP) is 4.96. The normalized spacial score (nSPS) is 16.8. The van der Waals surface area contributed by atoms with Crippen LogP contribution in [0.4, 0.5) is 13.2 Å². The summed E-state index contributed by atoms with van der Waals surface area (Å²) in [5.74, 6) is -0.772. The Hall–Kier alpha value is -2.30. The number of rotatable bonds is 3. The molecule has 0 saturated carbocycles. The molecule has 2 nitrogen and oxygen atoms in total. The van der Waals surface area contributed by atoms with Crippen LogP contribution in [0.1, 0.15) is 51.9 Å². The molecule has 3 rings (SSSR count). The van der Waals surface area contributed by atoms with Gasteiger partial charge in [0.25, 0.3) is 0 Å². The van der Waals surface area contributed by atoms with Crippen molar-refractivity contribution in [3.8, 4) is 0 Å². The number of carbonyl (C=O) groups is 1. The molecule has 0 aliphatic heterocycles. The number of halogens is 3. The van der Waals surface area contributed by atoms with Gasteiger partial charge >= 0.3 is 12.1 Å². The molecule has 24 heavy (non-hydrogen) atoms. The molecule has 1 aliphatic carbocycles. The first-order chi connectivity index (χ1) is 11.4. The van der Waals surface area contributed by atoms with Crippen molar-refractivity contribution in [1.82, 2.24) is 0 Å². The predicted molar refractivity (Wildman–Crippen MR) is 84.0 cm³/mol. The van der Waals surface area contributed by atoms with Gasteiger partial charge in [0.2, 0.25) is 0 Å². The lowest BCUT2D eigenvalue weighted by Gasteiger charge is -2.19. The highest BCUT2D eigenvalue weighted by atomic mass is 19.4. The molecule has 1 atom stereocenters. The minimum Gasteiger partial charge on any atom is -0.462 e. The number of fused-ring (bicyclic) bond motifs is 1. The van der Waals surface area contributed by atoms with E-state index < -0.39 is 17.7 Å². The second kappa shape index (κ2) is 6.30. The van der Waals surface area contributed by atoms with Crippen molar-refractivity contribution in [3.63, 3.8) is 0 Å². The van der Waals surface area contributed by atoms with Gasteiger partial charge in [-0.3, -0.25) is 0 Å². The summed E-state index contributed by atoms with van der Waals surface area (Å²) < 4.78 is 45.0. The first-order valence-electron chi connectivity index (χ1n) is 7.88. The molecule has 0 amide bonds. The van der Waals surface area contributed by atoms with Crippen LogP contribution in [0, 0.1) is 0 Å². The van der Waals surface area contributed by atoms with E-state index in [4.69, 9.17) is 4.74 Å². The van der Waals surface area contributed by atoms with Crippen LogP contribution in [-0.2, 0) is 17.3 Å². The Balaban J connectivity index is 2.06. The number of carbonyl (C=O) groups excluding carboxylic acids is 1. The van der Waals surface area contributed by atoms with Crippen LogP contribution in [0.15, 0.2) is 42.5 Å². The summed E-state index contributed by atoms with van der Waals surface area (Å²) in [5, 5.41) is 0. The molecular weight excluding hydrogens is 317 g/mol. The molecule has 0 heterocycles. The van der Waals surface area contributed by atoms with Crippen molar-refractivity contribution < 1.29 is 22.7 Å². The molecule has 0 bridgehead atoms. The number of esters is 1. The summed E-state index contributed by atoms with van der Waals surface area (Å²) in [4.78, 5) is 12.1. The Kier molecular flexibility index (Phi) is 4.35. The maximum atomic E-state index is 13.3. The molecule has 0 fully saturated rings. The van der Waals surface area contributed by atoms with Crippen LogP contribution in [0.3, 0.4) is 0 Å². The zero-order valence-corrected chi connectivity index (χ0v) is 13.2. The molecule has 2 aromatic carbocycles. The first kappa shape index (κ1) is 16.6. The van der Waals surface area contributed by atoms with Crippen LogP contribution in [0.5, 0.6) is 0 Å². The van der Waals surface area contributed by atoms with Crippen molar-refractivity contribution in [2.24, 2.45) is 0 Å². The van der Waals surface area contributed by atoms with Crippen LogP contribution < -0.4 is 0 Å². The van der Waals surface area contributed by atoms with Gasteiger partial charge in [-0.25, -0.2) is 4.79 Å². The highest BCUT2D eigenvalue weighted by molar-refractivity contribution is 5.92. The Morgan fingerprint density at radius 1 is 1.12 bits per heavy atom. The van der Waals surface area contributed by atoms with Gasteiger partial charge in [-0.15, -0.1) is 0 Å². The standard InChI is InChI=1S/C19H17F3O2/c1-2-24-18(23)16-8-5-7-12-13(10-11-14(12)16)15-6-3-4-9-17(15)19(20,21)22/h3-9,13H,2,10-11H2,1H3. The number of ether oxygens (including phenoxy) is 1. The van der Waals surface area contributed by atoms with Crippen LogP contribution in [-0.4, -0.2) is 12.6 Å². The first-order valence-corrected chi connectivity index (χ1v) is 7.88. The van der Waals surface area contributed by atoms with Gasteiger partial charge in [0.1, 0.15) is 0 Å². The molecule has 0 N–H and O–H groups in total. The Morgan fingerprint density at radius 2 is 1.83 bits per heavy atom. The van der Waals surface area contributed by atoms with E-state index in [0.717, 1.165) is 17.2 Å². The van der Waals surface area contributed by atoms with Gasteiger partial charge in [-0.05, 0) is 48.6 Å². The van der Waals surface area contributed by atoms with E-state index >= 15 is 0 Å². The fraction of sp³-hybridized carbons (Fsp3) is 0.316. The molecule has 0 radical (unpaired) electrons.